The zero-order valence-corrected chi connectivity index (χ0v) is 8.61. The van der Waals surface area contributed by atoms with Gasteiger partial charge in [-0.3, -0.25) is 0 Å². The largest absolute Gasteiger partial charge is 0.352 e. The van der Waals surface area contributed by atoms with E-state index in [-0.39, 0.29) is 0 Å². The maximum atomic E-state index is 5.73. The fraction of sp³-hybridized carbons (Fsp3) is 0.545. The Morgan fingerprint density at radius 1 is 1.57 bits per heavy atom. The number of aryl methyl sites for hydroxylation is 1. The molecule has 1 aromatic heterocycles. The standard InChI is InChI=1S/C11H17N3/c1-9-4-2-6-11(13-9)14-7-3-5-10(14)8-12/h2,4,6,10H,3,5,7-8,12H2,1H3/t10-/m1/s1. The molecule has 3 heteroatoms. The summed E-state index contributed by atoms with van der Waals surface area (Å²) in [4.78, 5) is 6.85. The second kappa shape index (κ2) is 3.96. The van der Waals surface area contributed by atoms with Crippen molar-refractivity contribution < 1.29 is 0 Å². The van der Waals surface area contributed by atoms with Gasteiger partial charge in [0, 0.05) is 24.8 Å². The van der Waals surface area contributed by atoms with Crippen LogP contribution in [0.4, 0.5) is 5.82 Å². The predicted octanol–water partition coefficient (Wildman–Crippen LogP) is 1.32. The molecule has 0 unspecified atom stereocenters. The molecule has 0 aliphatic carbocycles. The summed E-state index contributed by atoms with van der Waals surface area (Å²) in [5.41, 5.74) is 6.80. The highest BCUT2D eigenvalue weighted by Crippen LogP contribution is 2.22. The molecule has 76 valence electrons. The molecule has 0 saturated carbocycles. The first-order chi connectivity index (χ1) is 6.81. The topological polar surface area (TPSA) is 42.1 Å². The van der Waals surface area contributed by atoms with E-state index < -0.39 is 0 Å². The van der Waals surface area contributed by atoms with Gasteiger partial charge in [0.1, 0.15) is 5.82 Å². The first-order valence-electron chi connectivity index (χ1n) is 5.21. The van der Waals surface area contributed by atoms with Gasteiger partial charge < -0.3 is 10.6 Å². The maximum absolute atomic E-state index is 5.73. The van der Waals surface area contributed by atoms with Crippen LogP contribution in [0.3, 0.4) is 0 Å². The molecule has 2 N–H and O–H groups in total. The van der Waals surface area contributed by atoms with Gasteiger partial charge in [-0.25, -0.2) is 4.98 Å². The van der Waals surface area contributed by atoms with Crippen molar-refractivity contribution in [3.8, 4) is 0 Å². The van der Waals surface area contributed by atoms with E-state index in [1.165, 1.54) is 12.8 Å². The Morgan fingerprint density at radius 3 is 3.14 bits per heavy atom. The molecular weight excluding hydrogens is 174 g/mol. The van der Waals surface area contributed by atoms with E-state index in [1.807, 2.05) is 13.0 Å². The van der Waals surface area contributed by atoms with Crippen LogP contribution in [-0.2, 0) is 0 Å². The van der Waals surface area contributed by atoms with Gasteiger partial charge in [-0.05, 0) is 31.9 Å². The van der Waals surface area contributed by atoms with Crippen molar-refractivity contribution in [2.75, 3.05) is 18.0 Å². The van der Waals surface area contributed by atoms with Crippen molar-refractivity contribution in [1.29, 1.82) is 0 Å². The number of nitrogens with zero attached hydrogens (tertiary/aromatic N) is 2. The fourth-order valence-electron chi connectivity index (χ4n) is 2.07. The number of aromatic nitrogens is 1. The van der Waals surface area contributed by atoms with Crippen LogP contribution in [0.25, 0.3) is 0 Å². The molecule has 14 heavy (non-hydrogen) atoms. The summed E-state index contributed by atoms with van der Waals surface area (Å²) in [5, 5.41) is 0. The third kappa shape index (κ3) is 1.73. The molecule has 1 saturated heterocycles. The Kier molecular flexibility index (Phi) is 2.68. The zero-order chi connectivity index (χ0) is 9.97. The van der Waals surface area contributed by atoms with Crippen LogP contribution in [0.5, 0.6) is 0 Å². The number of anilines is 1. The lowest BCUT2D eigenvalue weighted by Gasteiger charge is -2.24. The maximum Gasteiger partial charge on any atom is 0.129 e. The SMILES string of the molecule is Cc1cccc(N2CCC[C@@H]2CN)n1. The second-order valence-corrected chi connectivity index (χ2v) is 3.86. The Hall–Kier alpha value is -1.09. The van der Waals surface area contributed by atoms with Gasteiger partial charge in [0.2, 0.25) is 0 Å². The van der Waals surface area contributed by atoms with Crippen molar-refractivity contribution in [2.45, 2.75) is 25.8 Å². The van der Waals surface area contributed by atoms with E-state index in [0.717, 1.165) is 24.6 Å². The average Bonchev–Trinajstić information content (AvgIpc) is 2.65. The third-order valence-corrected chi connectivity index (χ3v) is 2.82. The predicted molar refractivity (Wildman–Crippen MR) is 58.4 cm³/mol. The van der Waals surface area contributed by atoms with E-state index in [0.29, 0.717) is 6.04 Å². The first-order valence-corrected chi connectivity index (χ1v) is 5.21. The molecule has 0 spiro atoms. The van der Waals surface area contributed by atoms with Crippen LogP contribution in [0.1, 0.15) is 18.5 Å². The van der Waals surface area contributed by atoms with E-state index in [4.69, 9.17) is 5.73 Å². The molecular formula is C11H17N3. The summed E-state index contributed by atoms with van der Waals surface area (Å²) in [6, 6.07) is 6.64. The lowest BCUT2D eigenvalue weighted by molar-refractivity contribution is 0.671. The smallest absolute Gasteiger partial charge is 0.129 e. The van der Waals surface area contributed by atoms with Crippen molar-refractivity contribution in [3.63, 3.8) is 0 Å². The number of hydrogen-bond donors (Lipinski definition) is 1. The highest BCUT2D eigenvalue weighted by molar-refractivity contribution is 5.41. The summed E-state index contributed by atoms with van der Waals surface area (Å²) < 4.78 is 0. The Morgan fingerprint density at radius 2 is 2.43 bits per heavy atom. The molecule has 1 atom stereocenters. The van der Waals surface area contributed by atoms with Gasteiger partial charge in [0.05, 0.1) is 0 Å². The van der Waals surface area contributed by atoms with E-state index in [1.54, 1.807) is 0 Å². The second-order valence-electron chi connectivity index (χ2n) is 3.86. The molecule has 0 aromatic carbocycles. The monoisotopic (exact) mass is 191 g/mol. The Labute approximate surface area is 84.9 Å². The molecule has 2 rings (SSSR count). The van der Waals surface area contributed by atoms with Crippen molar-refractivity contribution in [1.82, 2.24) is 4.98 Å². The van der Waals surface area contributed by atoms with Crippen LogP contribution < -0.4 is 10.6 Å². The fourth-order valence-corrected chi connectivity index (χ4v) is 2.07. The molecule has 1 aromatic rings. The van der Waals surface area contributed by atoms with E-state index in [2.05, 4.69) is 22.0 Å². The van der Waals surface area contributed by atoms with Crippen LogP contribution in [0, 0.1) is 6.92 Å². The number of hydrogen-bond acceptors (Lipinski definition) is 3. The van der Waals surface area contributed by atoms with Crippen molar-refractivity contribution in [2.24, 2.45) is 5.73 Å². The highest BCUT2D eigenvalue weighted by atomic mass is 15.2. The normalized spacial score (nSPS) is 21.6. The lowest BCUT2D eigenvalue weighted by Crippen LogP contribution is -2.35. The number of rotatable bonds is 2. The molecule has 1 aliphatic rings. The van der Waals surface area contributed by atoms with Gasteiger partial charge in [-0.1, -0.05) is 6.07 Å². The highest BCUT2D eigenvalue weighted by Gasteiger charge is 2.23. The van der Waals surface area contributed by atoms with Crippen LogP contribution in [-0.4, -0.2) is 24.1 Å². The van der Waals surface area contributed by atoms with Crippen LogP contribution >= 0.6 is 0 Å². The lowest BCUT2D eigenvalue weighted by atomic mass is 10.2. The summed E-state index contributed by atoms with van der Waals surface area (Å²) in [6.45, 7) is 3.85. The van der Waals surface area contributed by atoms with Gasteiger partial charge in [0.25, 0.3) is 0 Å². The average molecular weight is 191 g/mol. The van der Waals surface area contributed by atoms with Gasteiger partial charge in [-0.2, -0.15) is 0 Å². The molecule has 0 bridgehead atoms. The summed E-state index contributed by atoms with van der Waals surface area (Å²) in [6.07, 6.45) is 2.43. The van der Waals surface area contributed by atoms with Gasteiger partial charge >= 0.3 is 0 Å². The molecule has 0 amide bonds. The Balaban J connectivity index is 2.21. The minimum Gasteiger partial charge on any atom is -0.352 e. The summed E-state index contributed by atoms with van der Waals surface area (Å²) >= 11 is 0. The zero-order valence-electron chi connectivity index (χ0n) is 8.61. The first kappa shape index (κ1) is 9.46. The minimum absolute atomic E-state index is 0.490. The van der Waals surface area contributed by atoms with Gasteiger partial charge in [-0.15, -0.1) is 0 Å². The van der Waals surface area contributed by atoms with E-state index >= 15 is 0 Å². The molecule has 1 fully saturated rings. The van der Waals surface area contributed by atoms with Crippen LogP contribution in [0.15, 0.2) is 18.2 Å². The molecule has 3 nitrogen and oxygen atoms in total. The van der Waals surface area contributed by atoms with Crippen LogP contribution in [0.2, 0.25) is 0 Å². The quantitative estimate of drug-likeness (QED) is 0.766. The van der Waals surface area contributed by atoms with Crippen molar-refractivity contribution in [3.05, 3.63) is 23.9 Å². The summed E-state index contributed by atoms with van der Waals surface area (Å²) in [5.74, 6) is 1.08. The summed E-state index contributed by atoms with van der Waals surface area (Å²) in [7, 11) is 0. The molecule has 2 heterocycles. The molecule has 0 radical (unpaired) electrons. The van der Waals surface area contributed by atoms with Gasteiger partial charge in [0.15, 0.2) is 0 Å². The Bertz CT molecular complexity index is 311. The van der Waals surface area contributed by atoms with E-state index in [9.17, 15) is 0 Å². The number of pyridine rings is 1. The molecule has 1 aliphatic heterocycles. The third-order valence-electron chi connectivity index (χ3n) is 2.82. The number of nitrogens with two attached hydrogens (primary N) is 1. The van der Waals surface area contributed by atoms with Crippen molar-refractivity contribution >= 4 is 5.82 Å². The minimum atomic E-state index is 0.490.